The molecule has 2 heterocycles. The van der Waals surface area contributed by atoms with Crippen molar-refractivity contribution < 1.29 is 0 Å². The van der Waals surface area contributed by atoms with Gasteiger partial charge < -0.3 is 0 Å². The second kappa shape index (κ2) is 7.98. The Kier molecular flexibility index (Phi) is 5.74. The molecule has 2 aromatic rings. The first-order valence-electron chi connectivity index (χ1n) is 8.65. The number of hydrogen-bond donors (Lipinski definition) is 0. The summed E-state index contributed by atoms with van der Waals surface area (Å²) in [5.74, 6) is 0.719. The Morgan fingerprint density at radius 1 is 1.13 bits per heavy atom. The molecule has 1 aromatic carbocycles. The average molecular weight is 327 g/mol. The molecule has 0 unspecified atom stereocenters. The minimum Gasteiger partial charge on any atom is -0.296 e. The summed E-state index contributed by atoms with van der Waals surface area (Å²) in [7, 11) is 0. The lowest BCUT2D eigenvalue weighted by atomic mass is 9.95. The summed E-state index contributed by atoms with van der Waals surface area (Å²) >= 11 is 1.73. The Balaban J connectivity index is 1.70. The van der Waals surface area contributed by atoms with E-state index in [0.29, 0.717) is 6.04 Å². The predicted molar refractivity (Wildman–Crippen MR) is 97.8 cm³/mol. The van der Waals surface area contributed by atoms with Crippen molar-refractivity contribution in [1.29, 1.82) is 0 Å². The molecule has 0 saturated carbocycles. The third-order valence-electron chi connectivity index (χ3n) is 4.32. The van der Waals surface area contributed by atoms with E-state index < -0.39 is 0 Å². The first-order chi connectivity index (χ1) is 11.2. The normalized spacial score (nSPS) is 19.2. The first-order valence-corrected chi connectivity index (χ1v) is 9.47. The summed E-state index contributed by atoms with van der Waals surface area (Å²) in [4.78, 5) is 8.59. The van der Waals surface area contributed by atoms with Crippen molar-refractivity contribution in [1.82, 2.24) is 9.88 Å². The Bertz CT molecular complexity index is 595. The van der Waals surface area contributed by atoms with Crippen LogP contribution in [0.2, 0.25) is 0 Å². The first kappa shape index (κ1) is 16.5. The molecule has 122 valence electrons. The average Bonchev–Trinajstić information content (AvgIpc) is 2.57. The molecule has 0 bridgehead atoms. The Labute approximate surface area is 144 Å². The van der Waals surface area contributed by atoms with Crippen LogP contribution in [0.15, 0.2) is 58.6 Å². The van der Waals surface area contributed by atoms with E-state index in [9.17, 15) is 0 Å². The third kappa shape index (κ3) is 4.58. The summed E-state index contributed by atoms with van der Waals surface area (Å²) in [5.41, 5.74) is 1.38. The van der Waals surface area contributed by atoms with Gasteiger partial charge in [0.05, 0.1) is 0 Å². The van der Waals surface area contributed by atoms with Gasteiger partial charge in [-0.2, -0.15) is 0 Å². The summed E-state index contributed by atoms with van der Waals surface area (Å²) in [6.07, 6.45) is 6.02. The highest BCUT2D eigenvalue weighted by Crippen LogP contribution is 2.32. The van der Waals surface area contributed by atoms with E-state index in [0.717, 1.165) is 10.9 Å². The molecule has 1 fully saturated rings. The lowest BCUT2D eigenvalue weighted by Crippen LogP contribution is -2.36. The van der Waals surface area contributed by atoms with Crippen molar-refractivity contribution in [3.05, 3.63) is 54.2 Å². The van der Waals surface area contributed by atoms with Crippen LogP contribution in [0.4, 0.5) is 0 Å². The highest BCUT2D eigenvalue weighted by atomic mass is 32.2. The minimum absolute atomic E-state index is 0.550. The van der Waals surface area contributed by atoms with Crippen molar-refractivity contribution in [3.63, 3.8) is 0 Å². The number of nitrogens with zero attached hydrogens (tertiary/aromatic N) is 2. The van der Waals surface area contributed by atoms with E-state index >= 15 is 0 Å². The molecule has 2 nitrogen and oxygen atoms in total. The van der Waals surface area contributed by atoms with Gasteiger partial charge in [0.25, 0.3) is 0 Å². The quantitative estimate of drug-likeness (QED) is 0.730. The monoisotopic (exact) mass is 326 g/mol. The van der Waals surface area contributed by atoms with Crippen molar-refractivity contribution in [2.75, 3.05) is 13.1 Å². The molecule has 0 spiro atoms. The molecule has 3 rings (SSSR count). The van der Waals surface area contributed by atoms with Crippen LogP contribution in [0.3, 0.4) is 0 Å². The fourth-order valence-corrected chi connectivity index (χ4v) is 4.09. The van der Waals surface area contributed by atoms with E-state index in [1.807, 2.05) is 6.07 Å². The molecule has 0 N–H and O–H groups in total. The lowest BCUT2D eigenvalue weighted by molar-refractivity contribution is 0.132. The van der Waals surface area contributed by atoms with E-state index in [1.54, 1.807) is 11.8 Å². The molecule has 1 saturated heterocycles. The lowest BCUT2D eigenvalue weighted by Gasteiger charge is -2.37. The molecule has 1 aliphatic heterocycles. The predicted octanol–water partition coefficient (Wildman–Crippen LogP) is 5.42. The van der Waals surface area contributed by atoms with Crippen LogP contribution in [-0.2, 0) is 0 Å². The maximum atomic E-state index is 4.70. The summed E-state index contributed by atoms with van der Waals surface area (Å²) in [6.45, 7) is 7.03. The van der Waals surface area contributed by atoms with Gasteiger partial charge in [-0.3, -0.25) is 4.90 Å². The maximum Gasteiger partial charge on any atom is 0.101 e. The number of pyridine rings is 1. The number of likely N-dealkylation sites (tertiary alicyclic amines) is 1. The molecule has 0 radical (unpaired) electrons. The van der Waals surface area contributed by atoms with Crippen LogP contribution in [0.5, 0.6) is 0 Å². The van der Waals surface area contributed by atoms with Crippen LogP contribution in [0.25, 0.3) is 0 Å². The highest BCUT2D eigenvalue weighted by Gasteiger charge is 2.24. The standard InChI is InChI=1S/C20H26N2S/c1-16(2)15-22-13-7-6-10-19(22)17-11-12-20(21-14-17)23-18-8-4-3-5-9-18/h3-5,8-9,11-12,14,16,19H,6-7,10,13,15H2,1-2H3/t19-/m1/s1. The zero-order chi connectivity index (χ0) is 16.1. The van der Waals surface area contributed by atoms with Crippen molar-refractivity contribution in [3.8, 4) is 0 Å². The topological polar surface area (TPSA) is 16.1 Å². The van der Waals surface area contributed by atoms with E-state index in [4.69, 9.17) is 4.98 Å². The maximum absolute atomic E-state index is 4.70. The smallest absolute Gasteiger partial charge is 0.101 e. The van der Waals surface area contributed by atoms with Crippen molar-refractivity contribution >= 4 is 11.8 Å². The number of hydrogen-bond acceptors (Lipinski definition) is 3. The number of benzene rings is 1. The highest BCUT2D eigenvalue weighted by molar-refractivity contribution is 7.99. The number of rotatable bonds is 5. The van der Waals surface area contributed by atoms with Crippen LogP contribution in [0, 0.1) is 5.92 Å². The number of aromatic nitrogens is 1. The Morgan fingerprint density at radius 2 is 1.96 bits per heavy atom. The fourth-order valence-electron chi connectivity index (χ4n) is 3.31. The van der Waals surface area contributed by atoms with Gasteiger partial charge in [-0.25, -0.2) is 4.98 Å². The van der Waals surface area contributed by atoms with Crippen LogP contribution in [0.1, 0.15) is 44.7 Å². The second-order valence-corrected chi connectivity index (χ2v) is 7.84. The van der Waals surface area contributed by atoms with E-state index in [-0.39, 0.29) is 0 Å². The van der Waals surface area contributed by atoms with Crippen LogP contribution in [-0.4, -0.2) is 23.0 Å². The van der Waals surface area contributed by atoms with Gasteiger partial charge in [-0.05, 0) is 49.1 Å². The largest absolute Gasteiger partial charge is 0.296 e. The second-order valence-electron chi connectivity index (χ2n) is 6.75. The minimum atomic E-state index is 0.550. The number of piperidine rings is 1. The van der Waals surface area contributed by atoms with Gasteiger partial charge in [-0.1, -0.05) is 56.3 Å². The van der Waals surface area contributed by atoms with Crippen LogP contribution >= 0.6 is 11.8 Å². The van der Waals surface area contributed by atoms with Gasteiger partial charge >= 0.3 is 0 Å². The van der Waals surface area contributed by atoms with Crippen molar-refractivity contribution in [2.45, 2.75) is 49.1 Å². The molecule has 1 atom stereocenters. The summed E-state index contributed by atoms with van der Waals surface area (Å²) in [5, 5.41) is 1.08. The van der Waals surface area contributed by atoms with E-state index in [1.165, 1.54) is 42.8 Å². The molecular weight excluding hydrogens is 300 g/mol. The van der Waals surface area contributed by atoms with Crippen molar-refractivity contribution in [2.24, 2.45) is 5.92 Å². The van der Waals surface area contributed by atoms with Gasteiger partial charge in [0, 0.05) is 23.7 Å². The van der Waals surface area contributed by atoms with Gasteiger partial charge in [0.2, 0.25) is 0 Å². The van der Waals surface area contributed by atoms with Crippen LogP contribution < -0.4 is 0 Å². The molecule has 1 aliphatic rings. The fraction of sp³-hybridized carbons (Fsp3) is 0.450. The molecule has 3 heteroatoms. The molecule has 0 aliphatic carbocycles. The SMILES string of the molecule is CC(C)CN1CCCC[C@@H]1c1ccc(Sc2ccccc2)nc1. The molecule has 1 aromatic heterocycles. The summed E-state index contributed by atoms with van der Waals surface area (Å²) < 4.78 is 0. The zero-order valence-electron chi connectivity index (χ0n) is 14.1. The van der Waals surface area contributed by atoms with Gasteiger partial charge in [0.15, 0.2) is 0 Å². The van der Waals surface area contributed by atoms with Gasteiger partial charge in [-0.15, -0.1) is 0 Å². The van der Waals surface area contributed by atoms with E-state index in [2.05, 4.69) is 61.3 Å². The third-order valence-corrected chi connectivity index (χ3v) is 5.28. The van der Waals surface area contributed by atoms with Gasteiger partial charge in [0.1, 0.15) is 5.03 Å². The zero-order valence-corrected chi connectivity index (χ0v) is 14.9. The molecular formula is C20H26N2S. The Hall–Kier alpha value is -1.32. The summed E-state index contributed by atoms with van der Waals surface area (Å²) in [6, 6.07) is 15.5. The molecule has 23 heavy (non-hydrogen) atoms. The molecule has 0 amide bonds. The Morgan fingerprint density at radius 3 is 2.65 bits per heavy atom.